The fourth-order valence-corrected chi connectivity index (χ4v) is 2.95. The first kappa shape index (κ1) is 12.4. The molecule has 2 aliphatic rings. The lowest BCUT2D eigenvalue weighted by Gasteiger charge is -2.30. The maximum Gasteiger partial charge on any atom is 0.335 e. The molecular formula is C13H21NO3. The number of ether oxygens (including phenoxy) is 2. The second kappa shape index (κ2) is 5.08. The molecule has 0 saturated carbocycles. The number of esters is 1. The first-order chi connectivity index (χ1) is 8.19. The van der Waals surface area contributed by atoms with E-state index < -0.39 is 0 Å². The van der Waals surface area contributed by atoms with Crippen molar-refractivity contribution in [2.75, 3.05) is 20.3 Å². The summed E-state index contributed by atoms with van der Waals surface area (Å²) in [6.45, 7) is 5.30. The average Bonchev–Trinajstić information content (AvgIpc) is 2.74. The van der Waals surface area contributed by atoms with Crippen LogP contribution in [-0.4, -0.2) is 32.3 Å². The van der Waals surface area contributed by atoms with Crippen LogP contribution in [0.1, 0.15) is 26.7 Å². The Hall–Kier alpha value is -1.03. The van der Waals surface area contributed by atoms with E-state index in [4.69, 9.17) is 9.47 Å². The SMILES string of the molecule is CCOC(=O)C1=C2NC[C@H](OC)[C@H]2[C@H](C)CC1. The standard InChI is InChI=1S/C13H21NO3/c1-4-17-13(15)9-6-5-8(2)11-10(16-3)7-14-12(9)11/h8,10-11,14H,4-7H2,1-3H3/t8-,10+,11-/m1/s1. The molecule has 0 unspecified atom stereocenters. The number of carbonyl (C=O) groups is 1. The highest BCUT2D eigenvalue weighted by Gasteiger charge is 2.41. The van der Waals surface area contributed by atoms with Crippen molar-refractivity contribution in [3.8, 4) is 0 Å². The van der Waals surface area contributed by atoms with Gasteiger partial charge in [-0.2, -0.15) is 0 Å². The molecule has 1 N–H and O–H groups in total. The molecule has 3 atom stereocenters. The third-order valence-corrected chi connectivity index (χ3v) is 3.84. The predicted molar refractivity (Wildman–Crippen MR) is 64.3 cm³/mol. The third-order valence-electron chi connectivity index (χ3n) is 3.84. The van der Waals surface area contributed by atoms with Crippen LogP contribution in [-0.2, 0) is 14.3 Å². The number of methoxy groups -OCH3 is 1. The van der Waals surface area contributed by atoms with Crippen molar-refractivity contribution in [2.45, 2.75) is 32.8 Å². The lowest BCUT2D eigenvalue weighted by molar-refractivity contribution is -0.139. The summed E-state index contributed by atoms with van der Waals surface area (Å²) in [5.41, 5.74) is 1.89. The Morgan fingerprint density at radius 3 is 2.94 bits per heavy atom. The largest absolute Gasteiger partial charge is 0.463 e. The van der Waals surface area contributed by atoms with Crippen LogP contribution in [0.2, 0.25) is 0 Å². The summed E-state index contributed by atoms with van der Waals surface area (Å²) in [6.07, 6.45) is 2.03. The van der Waals surface area contributed by atoms with Crippen molar-refractivity contribution in [3.05, 3.63) is 11.3 Å². The van der Waals surface area contributed by atoms with Crippen molar-refractivity contribution in [1.29, 1.82) is 0 Å². The van der Waals surface area contributed by atoms with Crippen molar-refractivity contribution in [3.63, 3.8) is 0 Å². The Morgan fingerprint density at radius 2 is 2.29 bits per heavy atom. The van der Waals surface area contributed by atoms with E-state index in [-0.39, 0.29) is 12.1 Å². The minimum atomic E-state index is -0.163. The molecular weight excluding hydrogens is 218 g/mol. The zero-order valence-electron chi connectivity index (χ0n) is 10.8. The minimum absolute atomic E-state index is 0.163. The molecule has 1 aliphatic heterocycles. The van der Waals surface area contributed by atoms with Crippen molar-refractivity contribution < 1.29 is 14.3 Å². The first-order valence-corrected chi connectivity index (χ1v) is 6.35. The van der Waals surface area contributed by atoms with E-state index in [2.05, 4.69) is 12.2 Å². The summed E-state index contributed by atoms with van der Waals surface area (Å²) in [5.74, 6) is 0.722. The summed E-state index contributed by atoms with van der Waals surface area (Å²) in [5, 5.41) is 3.33. The molecule has 1 heterocycles. The van der Waals surface area contributed by atoms with Crippen molar-refractivity contribution in [1.82, 2.24) is 5.32 Å². The summed E-state index contributed by atoms with van der Waals surface area (Å²) < 4.78 is 10.6. The minimum Gasteiger partial charge on any atom is -0.463 e. The zero-order valence-corrected chi connectivity index (χ0v) is 10.8. The predicted octanol–water partition coefficient (Wildman–Crippen LogP) is 1.47. The van der Waals surface area contributed by atoms with E-state index in [0.717, 1.165) is 30.7 Å². The van der Waals surface area contributed by atoms with E-state index in [1.807, 2.05) is 6.92 Å². The van der Waals surface area contributed by atoms with Crippen LogP contribution in [0, 0.1) is 11.8 Å². The van der Waals surface area contributed by atoms with Gasteiger partial charge in [0.05, 0.1) is 18.3 Å². The molecule has 0 radical (unpaired) electrons. The van der Waals surface area contributed by atoms with Gasteiger partial charge in [-0.25, -0.2) is 4.79 Å². The van der Waals surface area contributed by atoms with Gasteiger partial charge in [-0.05, 0) is 25.7 Å². The monoisotopic (exact) mass is 239 g/mol. The number of fused-ring (bicyclic) bond motifs is 1. The van der Waals surface area contributed by atoms with Crippen LogP contribution < -0.4 is 5.32 Å². The third kappa shape index (κ3) is 2.18. The van der Waals surface area contributed by atoms with Crippen molar-refractivity contribution >= 4 is 5.97 Å². The van der Waals surface area contributed by atoms with Crippen LogP contribution in [0.3, 0.4) is 0 Å². The molecule has 0 bridgehead atoms. The summed E-state index contributed by atoms with van der Waals surface area (Å²) in [4.78, 5) is 11.9. The van der Waals surface area contributed by atoms with E-state index >= 15 is 0 Å². The van der Waals surface area contributed by atoms with Crippen LogP contribution >= 0.6 is 0 Å². The summed E-state index contributed by atoms with van der Waals surface area (Å²) in [6, 6.07) is 0. The van der Waals surface area contributed by atoms with Crippen molar-refractivity contribution in [2.24, 2.45) is 11.8 Å². The molecule has 2 rings (SSSR count). The van der Waals surface area contributed by atoms with Gasteiger partial charge in [0, 0.05) is 25.3 Å². The fourth-order valence-electron chi connectivity index (χ4n) is 2.95. The molecule has 4 nitrogen and oxygen atoms in total. The summed E-state index contributed by atoms with van der Waals surface area (Å²) in [7, 11) is 1.74. The highest BCUT2D eigenvalue weighted by molar-refractivity contribution is 5.89. The molecule has 1 saturated heterocycles. The molecule has 1 aliphatic carbocycles. The number of hydrogen-bond donors (Lipinski definition) is 1. The van der Waals surface area contributed by atoms with Gasteiger partial charge in [0.15, 0.2) is 0 Å². The molecule has 4 heteroatoms. The Bertz CT molecular complexity index is 338. The molecule has 0 spiro atoms. The van der Waals surface area contributed by atoms with Gasteiger partial charge >= 0.3 is 5.97 Å². The maximum atomic E-state index is 11.9. The lowest BCUT2D eigenvalue weighted by Crippen LogP contribution is -2.30. The lowest BCUT2D eigenvalue weighted by atomic mass is 9.78. The molecule has 17 heavy (non-hydrogen) atoms. The molecule has 0 aromatic carbocycles. The van der Waals surface area contributed by atoms with Crippen LogP contribution in [0.5, 0.6) is 0 Å². The van der Waals surface area contributed by atoms with Gasteiger partial charge < -0.3 is 14.8 Å². The molecule has 96 valence electrons. The second-order valence-electron chi connectivity index (χ2n) is 4.81. The van der Waals surface area contributed by atoms with E-state index in [1.165, 1.54) is 0 Å². The van der Waals surface area contributed by atoms with Crippen LogP contribution in [0.4, 0.5) is 0 Å². The van der Waals surface area contributed by atoms with E-state index in [0.29, 0.717) is 18.4 Å². The van der Waals surface area contributed by atoms with E-state index in [1.54, 1.807) is 7.11 Å². The fraction of sp³-hybridized carbons (Fsp3) is 0.769. The zero-order chi connectivity index (χ0) is 12.4. The highest BCUT2D eigenvalue weighted by atomic mass is 16.5. The van der Waals surface area contributed by atoms with Gasteiger partial charge in [-0.3, -0.25) is 0 Å². The van der Waals surface area contributed by atoms with E-state index in [9.17, 15) is 4.79 Å². The van der Waals surface area contributed by atoms with Crippen LogP contribution in [0.25, 0.3) is 0 Å². The Labute approximate surface area is 102 Å². The topological polar surface area (TPSA) is 47.6 Å². The van der Waals surface area contributed by atoms with Gasteiger partial charge in [0.25, 0.3) is 0 Å². The van der Waals surface area contributed by atoms with Crippen LogP contribution in [0.15, 0.2) is 11.3 Å². The van der Waals surface area contributed by atoms with Gasteiger partial charge in [-0.1, -0.05) is 6.92 Å². The van der Waals surface area contributed by atoms with Gasteiger partial charge in [0.1, 0.15) is 0 Å². The smallest absolute Gasteiger partial charge is 0.335 e. The number of rotatable bonds is 3. The Morgan fingerprint density at radius 1 is 1.53 bits per heavy atom. The Balaban J connectivity index is 2.26. The molecule has 0 aromatic rings. The molecule has 0 aromatic heterocycles. The highest BCUT2D eigenvalue weighted by Crippen LogP contribution is 2.39. The summed E-state index contributed by atoms with van der Waals surface area (Å²) >= 11 is 0. The normalized spacial score (nSPS) is 32.1. The maximum absolute atomic E-state index is 11.9. The Kier molecular flexibility index (Phi) is 3.72. The van der Waals surface area contributed by atoms with Gasteiger partial charge in [-0.15, -0.1) is 0 Å². The molecule has 1 fully saturated rings. The second-order valence-corrected chi connectivity index (χ2v) is 4.81. The quantitative estimate of drug-likeness (QED) is 0.758. The number of hydrogen-bond acceptors (Lipinski definition) is 4. The first-order valence-electron chi connectivity index (χ1n) is 6.35. The van der Waals surface area contributed by atoms with Gasteiger partial charge in [0.2, 0.25) is 0 Å². The number of nitrogens with one attached hydrogen (secondary N) is 1. The molecule has 0 amide bonds. The average molecular weight is 239 g/mol. The number of carbonyl (C=O) groups excluding carboxylic acids is 1.